The lowest BCUT2D eigenvalue weighted by molar-refractivity contribution is 0.0955. The molecule has 1 amide bonds. The molecule has 0 radical (unpaired) electrons. The second kappa shape index (κ2) is 5.06. The summed E-state index contributed by atoms with van der Waals surface area (Å²) in [6.07, 6.45) is 1.41. The van der Waals surface area contributed by atoms with Gasteiger partial charge in [0.25, 0.3) is 11.5 Å². The highest BCUT2D eigenvalue weighted by Gasteiger charge is 2.17. The Hall–Kier alpha value is -2.60. The van der Waals surface area contributed by atoms with E-state index < -0.39 is 0 Å². The molecule has 3 rings (SSSR count). The Morgan fingerprint density at radius 3 is 2.62 bits per heavy atom. The molecule has 0 atom stereocenters. The highest BCUT2D eigenvalue weighted by molar-refractivity contribution is 6.30. The molecule has 0 spiro atoms. The van der Waals surface area contributed by atoms with Crippen LogP contribution in [0, 0.1) is 0 Å². The van der Waals surface area contributed by atoms with Crippen LogP contribution in [0.1, 0.15) is 10.5 Å². The standard InChI is InChI=1S/C14H11ClN4O2/c1-16-14(21)11-8-12-17-7-6-13(20)19(12)18(11)10-4-2-9(15)3-5-10/h2-8H,1H3,(H,16,21). The molecule has 106 valence electrons. The van der Waals surface area contributed by atoms with Crippen molar-refractivity contribution < 1.29 is 4.79 Å². The summed E-state index contributed by atoms with van der Waals surface area (Å²) in [6, 6.07) is 9.75. The molecule has 2 heterocycles. The van der Waals surface area contributed by atoms with E-state index in [1.54, 1.807) is 30.3 Å². The Bertz CT molecular complexity index is 880. The molecular formula is C14H11ClN4O2. The summed E-state index contributed by atoms with van der Waals surface area (Å²) in [5.41, 5.74) is 1.08. The average Bonchev–Trinajstić information content (AvgIpc) is 2.88. The lowest BCUT2D eigenvalue weighted by Crippen LogP contribution is -2.25. The van der Waals surface area contributed by atoms with Crippen molar-refractivity contribution in [2.75, 3.05) is 7.05 Å². The lowest BCUT2D eigenvalue weighted by Gasteiger charge is -2.10. The van der Waals surface area contributed by atoms with Crippen LogP contribution in [0.25, 0.3) is 11.3 Å². The summed E-state index contributed by atoms with van der Waals surface area (Å²) in [7, 11) is 1.53. The molecule has 7 heteroatoms. The summed E-state index contributed by atoms with van der Waals surface area (Å²) in [6.45, 7) is 0. The van der Waals surface area contributed by atoms with Gasteiger partial charge in [0.05, 0.1) is 5.69 Å². The predicted octanol–water partition coefficient (Wildman–Crippen LogP) is 1.50. The molecule has 0 aliphatic heterocycles. The number of carbonyl (C=O) groups is 1. The Balaban J connectivity index is 2.39. The SMILES string of the molecule is CNC(=O)c1cc2nccc(=O)n2n1-c1ccc(Cl)cc1. The molecule has 0 saturated heterocycles. The van der Waals surface area contributed by atoms with Gasteiger partial charge >= 0.3 is 0 Å². The average molecular weight is 303 g/mol. The van der Waals surface area contributed by atoms with Gasteiger partial charge in [0, 0.05) is 30.4 Å². The first-order chi connectivity index (χ1) is 10.1. The zero-order valence-electron chi connectivity index (χ0n) is 11.1. The Kier molecular flexibility index (Phi) is 3.23. The third-order valence-electron chi connectivity index (χ3n) is 3.07. The molecule has 0 unspecified atom stereocenters. The van der Waals surface area contributed by atoms with Gasteiger partial charge in [-0.2, -0.15) is 4.52 Å². The number of carbonyl (C=O) groups excluding carboxylic acids is 1. The van der Waals surface area contributed by atoms with E-state index in [0.29, 0.717) is 22.1 Å². The quantitative estimate of drug-likeness (QED) is 0.780. The number of nitrogens with one attached hydrogen (secondary N) is 1. The van der Waals surface area contributed by atoms with Crippen LogP contribution < -0.4 is 10.9 Å². The van der Waals surface area contributed by atoms with Gasteiger partial charge in [0.1, 0.15) is 5.69 Å². The molecule has 0 aliphatic rings. The third-order valence-corrected chi connectivity index (χ3v) is 3.33. The van der Waals surface area contributed by atoms with Crippen LogP contribution >= 0.6 is 11.6 Å². The largest absolute Gasteiger partial charge is 0.354 e. The minimum Gasteiger partial charge on any atom is -0.354 e. The van der Waals surface area contributed by atoms with Crippen molar-refractivity contribution in [1.29, 1.82) is 0 Å². The van der Waals surface area contributed by atoms with E-state index in [1.165, 1.54) is 28.5 Å². The Morgan fingerprint density at radius 2 is 1.95 bits per heavy atom. The van der Waals surface area contributed by atoms with Crippen molar-refractivity contribution in [1.82, 2.24) is 19.5 Å². The van der Waals surface area contributed by atoms with Crippen LogP contribution in [0.15, 0.2) is 47.4 Å². The summed E-state index contributed by atoms with van der Waals surface area (Å²) in [5.74, 6) is -0.310. The molecule has 1 aromatic carbocycles. The molecule has 0 aliphatic carbocycles. The normalized spacial score (nSPS) is 10.8. The maximum absolute atomic E-state index is 12.1. The summed E-state index contributed by atoms with van der Waals surface area (Å²) >= 11 is 5.88. The maximum Gasteiger partial charge on any atom is 0.273 e. The molecule has 0 saturated carbocycles. The minimum atomic E-state index is -0.310. The first-order valence-electron chi connectivity index (χ1n) is 6.19. The lowest BCUT2D eigenvalue weighted by atomic mass is 10.3. The van der Waals surface area contributed by atoms with E-state index in [1.807, 2.05) is 0 Å². The molecule has 2 aromatic heterocycles. The zero-order valence-corrected chi connectivity index (χ0v) is 11.8. The van der Waals surface area contributed by atoms with Crippen LogP contribution in [0.5, 0.6) is 0 Å². The molecular weight excluding hydrogens is 292 g/mol. The number of amides is 1. The minimum absolute atomic E-state index is 0.273. The van der Waals surface area contributed by atoms with Crippen LogP contribution in [-0.4, -0.2) is 27.1 Å². The number of aromatic nitrogens is 3. The van der Waals surface area contributed by atoms with E-state index in [2.05, 4.69) is 10.3 Å². The van der Waals surface area contributed by atoms with Crippen molar-refractivity contribution >= 4 is 23.2 Å². The molecule has 0 fully saturated rings. The van der Waals surface area contributed by atoms with Gasteiger partial charge in [-0.3, -0.25) is 9.59 Å². The number of rotatable bonds is 2. The van der Waals surface area contributed by atoms with Gasteiger partial charge in [-0.1, -0.05) is 11.6 Å². The zero-order chi connectivity index (χ0) is 15.0. The summed E-state index contributed by atoms with van der Waals surface area (Å²) in [4.78, 5) is 28.3. The van der Waals surface area contributed by atoms with Crippen LogP contribution in [-0.2, 0) is 0 Å². The molecule has 6 nitrogen and oxygen atoms in total. The van der Waals surface area contributed by atoms with Gasteiger partial charge in [-0.15, -0.1) is 0 Å². The van der Waals surface area contributed by atoms with Crippen molar-refractivity contribution in [3.05, 3.63) is 63.7 Å². The number of hydrogen-bond donors (Lipinski definition) is 1. The van der Waals surface area contributed by atoms with Crippen LogP contribution in [0.4, 0.5) is 0 Å². The van der Waals surface area contributed by atoms with Crippen LogP contribution in [0.2, 0.25) is 5.02 Å². The molecule has 1 N–H and O–H groups in total. The van der Waals surface area contributed by atoms with E-state index in [-0.39, 0.29) is 11.5 Å². The maximum atomic E-state index is 12.1. The number of fused-ring (bicyclic) bond motifs is 1. The van der Waals surface area contributed by atoms with Gasteiger partial charge in [-0.25, -0.2) is 9.67 Å². The smallest absolute Gasteiger partial charge is 0.273 e. The van der Waals surface area contributed by atoms with Crippen LogP contribution in [0.3, 0.4) is 0 Å². The van der Waals surface area contributed by atoms with Crippen molar-refractivity contribution in [2.45, 2.75) is 0 Å². The topological polar surface area (TPSA) is 68.4 Å². The summed E-state index contributed by atoms with van der Waals surface area (Å²) < 4.78 is 2.85. The van der Waals surface area contributed by atoms with E-state index in [0.717, 1.165) is 0 Å². The van der Waals surface area contributed by atoms with E-state index >= 15 is 0 Å². The van der Waals surface area contributed by atoms with Crippen molar-refractivity contribution in [3.63, 3.8) is 0 Å². The molecule has 0 bridgehead atoms. The first-order valence-corrected chi connectivity index (χ1v) is 6.57. The fourth-order valence-corrected chi connectivity index (χ4v) is 2.26. The fraction of sp³-hybridized carbons (Fsp3) is 0.0714. The monoisotopic (exact) mass is 302 g/mol. The van der Waals surface area contributed by atoms with Crippen molar-refractivity contribution in [2.24, 2.45) is 0 Å². The predicted molar refractivity (Wildman–Crippen MR) is 79.2 cm³/mol. The second-order valence-electron chi connectivity index (χ2n) is 4.35. The van der Waals surface area contributed by atoms with Crippen molar-refractivity contribution in [3.8, 4) is 5.69 Å². The Labute approximate surface area is 124 Å². The third kappa shape index (κ3) is 2.19. The molecule has 3 aromatic rings. The Morgan fingerprint density at radius 1 is 1.24 bits per heavy atom. The van der Waals surface area contributed by atoms with E-state index in [9.17, 15) is 9.59 Å². The number of nitrogens with zero attached hydrogens (tertiary/aromatic N) is 3. The second-order valence-corrected chi connectivity index (χ2v) is 4.79. The number of hydrogen-bond acceptors (Lipinski definition) is 3. The van der Waals surface area contributed by atoms with E-state index in [4.69, 9.17) is 11.6 Å². The first kappa shape index (κ1) is 13.4. The number of benzene rings is 1. The van der Waals surface area contributed by atoms with Gasteiger partial charge in [-0.05, 0) is 24.3 Å². The highest BCUT2D eigenvalue weighted by Crippen LogP contribution is 2.17. The van der Waals surface area contributed by atoms with Gasteiger partial charge in [0.2, 0.25) is 0 Å². The summed E-state index contributed by atoms with van der Waals surface area (Å²) in [5, 5.41) is 3.13. The highest BCUT2D eigenvalue weighted by atomic mass is 35.5. The van der Waals surface area contributed by atoms with Gasteiger partial charge < -0.3 is 5.32 Å². The van der Waals surface area contributed by atoms with Gasteiger partial charge in [0.15, 0.2) is 5.65 Å². The number of halogens is 1. The fourth-order valence-electron chi connectivity index (χ4n) is 2.13. The molecule has 21 heavy (non-hydrogen) atoms.